The average molecular weight is 280 g/mol. The number of para-hydroxylation sites is 1. The zero-order valence-corrected chi connectivity index (χ0v) is 12.3. The quantitative estimate of drug-likeness (QED) is 0.863. The van der Waals surface area contributed by atoms with Crippen molar-refractivity contribution in [2.75, 3.05) is 18.0 Å². The Labute approximate surface area is 125 Å². The lowest BCUT2D eigenvalue weighted by atomic mass is 10.1. The van der Waals surface area contributed by atoms with Crippen molar-refractivity contribution in [2.45, 2.75) is 19.5 Å². The van der Waals surface area contributed by atoms with Crippen LogP contribution in [0.3, 0.4) is 0 Å². The highest BCUT2D eigenvalue weighted by Crippen LogP contribution is 2.21. The first-order valence-corrected chi connectivity index (χ1v) is 7.40. The molecule has 3 heteroatoms. The molecule has 3 nitrogen and oxygen atoms in total. The van der Waals surface area contributed by atoms with Gasteiger partial charge in [-0.1, -0.05) is 48.5 Å². The molecule has 0 saturated carbocycles. The first-order valence-electron chi connectivity index (χ1n) is 7.40. The third-order valence-corrected chi connectivity index (χ3v) is 4.08. The van der Waals surface area contributed by atoms with Crippen molar-refractivity contribution < 1.29 is 4.79 Å². The molecule has 1 fully saturated rings. The first kappa shape index (κ1) is 13.8. The molecule has 1 amide bonds. The van der Waals surface area contributed by atoms with Gasteiger partial charge in [0.15, 0.2) is 0 Å². The maximum atomic E-state index is 12.6. The van der Waals surface area contributed by atoms with Crippen LogP contribution in [0.2, 0.25) is 0 Å². The minimum atomic E-state index is -0.0841. The van der Waals surface area contributed by atoms with Gasteiger partial charge in [0.25, 0.3) is 0 Å². The molecule has 0 spiro atoms. The van der Waals surface area contributed by atoms with Crippen LogP contribution >= 0.6 is 0 Å². The van der Waals surface area contributed by atoms with Gasteiger partial charge in [0.2, 0.25) is 5.91 Å². The second-order valence-corrected chi connectivity index (χ2v) is 5.46. The molecule has 0 radical (unpaired) electrons. The molecular weight excluding hydrogens is 260 g/mol. The van der Waals surface area contributed by atoms with Gasteiger partial charge in [-0.05, 0) is 24.6 Å². The van der Waals surface area contributed by atoms with Crippen LogP contribution in [0.4, 0.5) is 5.69 Å². The molecule has 21 heavy (non-hydrogen) atoms. The summed E-state index contributed by atoms with van der Waals surface area (Å²) in [5.41, 5.74) is 2.25. The summed E-state index contributed by atoms with van der Waals surface area (Å²) in [7, 11) is 0. The molecule has 1 heterocycles. The van der Waals surface area contributed by atoms with Crippen LogP contribution in [0, 0.1) is 0 Å². The van der Waals surface area contributed by atoms with Gasteiger partial charge in [-0.3, -0.25) is 9.69 Å². The Morgan fingerprint density at radius 1 is 0.952 bits per heavy atom. The van der Waals surface area contributed by atoms with Gasteiger partial charge in [-0.15, -0.1) is 0 Å². The Kier molecular flexibility index (Phi) is 4.02. The monoisotopic (exact) mass is 280 g/mol. The van der Waals surface area contributed by atoms with Crippen LogP contribution in [0.25, 0.3) is 0 Å². The molecule has 1 saturated heterocycles. The number of carbonyl (C=O) groups is 1. The second kappa shape index (κ2) is 6.10. The number of hydrogen-bond donors (Lipinski definition) is 0. The fourth-order valence-corrected chi connectivity index (χ4v) is 2.81. The van der Waals surface area contributed by atoms with Gasteiger partial charge < -0.3 is 4.90 Å². The number of piperazine rings is 1. The maximum Gasteiger partial charge on any atom is 0.244 e. The molecule has 0 N–H and O–H groups in total. The first-order chi connectivity index (χ1) is 10.3. The van der Waals surface area contributed by atoms with Crippen molar-refractivity contribution in [3.8, 4) is 0 Å². The van der Waals surface area contributed by atoms with Gasteiger partial charge in [-0.2, -0.15) is 0 Å². The molecule has 1 aliphatic rings. The van der Waals surface area contributed by atoms with E-state index < -0.39 is 0 Å². The summed E-state index contributed by atoms with van der Waals surface area (Å²) in [5, 5.41) is 0. The Morgan fingerprint density at radius 2 is 1.57 bits per heavy atom. The van der Waals surface area contributed by atoms with Gasteiger partial charge in [-0.25, -0.2) is 0 Å². The fourth-order valence-electron chi connectivity index (χ4n) is 2.81. The van der Waals surface area contributed by atoms with Gasteiger partial charge in [0, 0.05) is 25.3 Å². The minimum absolute atomic E-state index is 0.0841. The van der Waals surface area contributed by atoms with Crippen LogP contribution in [0.1, 0.15) is 12.5 Å². The number of anilines is 1. The predicted octanol–water partition coefficient (Wildman–Crippen LogP) is 2.92. The lowest BCUT2D eigenvalue weighted by Gasteiger charge is -2.39. The van der Waals surface area contributed by atoms with Crippen LogP contribution in [0.15, 0.2) is 60.7 Å². The molecule has 1 unspecified atom stereocenters. The summed E-state index contributed by atoms with van der Waals surface area (Å²) in [4.78, 5) is 16.8. The lowest BCUT2D eigenvalue weighted by molar-refractivity contribution is -0.125. The summed E-state index contributed by atoms with van der Waals surface area (Å²) in [6.07, 6.45) is 0. The average Bonchev–Trinajstić information content (AvgIpc) is 2.54. The van der Waals surface area contributed by atoms with E-state index in [0.717, 1.165) is 25.3 Å². The van der Waals surface area contributed by atoms with E-state index in [0.29, 0.717) is 0 Å². The molecule has 1 aliphatic heterocycles. The van der Waals surface area contributed by atoms with Gasteiger partial charge in [0.05, 0.1) is 6.04 Å². The molecule has 2 aromatic carbocycles. The molecular formula is C18H20N2O. The van der Waals surface area contributed by atoms with Gasteiger partial charge in [0.1, 0.15) is 0 Å². The normalized spacial score (nSPS) is 19.8. The van der Waals surface area contributed by atoms with Crippen molar-refractivity contribution in [1.29, 1.82) is 0 Å². The van der Waals surface area contributed by atoms with Gasteiger partial charge >= 0.3 is 0 Å². The Hall–Kier alpha value is -2.13. The van der Waals surface area contributed by atoms with Crippen molar-refractivity contribution in [2.24, 2.45) is 0 Å². The van der Waals surface area contributed by atoms with Crippen molar-refractivity contribution in [3.05, 3.63) is 66.2 Å². The van der Waals surface area contributed by atoms with Crippen LogP contribution in [-0.4, -0.2) is 29.9 Å². The van der Waals surface area contributed by atoms with E-state index in [1.54, 1.807) is 0 Å². The molecule has 0 aliphatic carbocycles. The highest BCUT2D eigenvalue weighted by molar-refractivity contribution is 5.97. The van der Waals surface area contributed by atoms with E-state index in [1.165, 1.54) is 5.56 Å². The summed E-state index contributed by atoms with van der Waals surface area (Å²) in [5.74, 6) is 0.184. The van der Waals surface area contributed by atoms with E-state index in [1.807, 2.05) is 60.4 Å². The SMILES string of the molecule is CC1C(=O)N(c2ccccc2)CCN1Cc1ccccc1. The predicted molar refractivity (Wildman–Crippen MR) is 85.1 cm³/mol. The molecule has 1 atom stereocenters. The summed E-state index contributed by atoms with van der Waals surface area (Å²) in [6, 6.07) is 20.2. The summed E-state index contributed by atoms with van der Waals surface area (Å²) >= 11 is 0. The van der Waals surface area contributed by atoms with Crippen molar-refractivity contribution in [1.82, 2.24) is 4.90 Å². The largest absolute Gasteiger partial charge is 0.310 e. The topological polar surface area (TPSA) is 23.6 Å². The van der Waals surface area contributed by atoms with Crippen molar-refractivity contribution >= 4 is 11.6 Å². The molecule has 0 aromatic heterocycles. The summed E-state index contributed by atoms with van der Waals surface area (Å²) < 4.78 is 0. The second-order valence-electron chi connectivity index (χ2n) is 5.46. The lowest BCUT2D eigenvalue weighted by Crippen LogP contribution is -2.55. The van der Waals surface area contributed by atoms with E-state index in [-0.39, 0.29) is 11.9 Å². The van der Waals surface area contributed by atoms with Crippen LogP contribution in [-0.2, 0) is 11.3 Å². The Bertz CT molecular complexity index is 597. The number of hydrogen-bond acceptors (Lipinski definition) is 2. The standard InChI is InChI=1S/C18H20N2O/c1-15-18(21)20(17-10-6-3-7-11-17)13-12-19(15)14-16-8-4-2-5-9-16/h2-11,15H,12-14H2,1H3. The van der Waals surface area contributed by atoms with Crippen LogP contribution < -0.4 is 4.90 Å². The third kappa shape index (κ3) is 2.98. The molecule has 2 aromatic rings. The fraction of sp³-hybridized carbons (Fsp3) is 0.278. The number of nitrogens with zero attached hydrogens (tertiary/aromatic N) is 2. The third-order valence-electron chi connectivity index (χ3n) is 4.08. The number of rotatable bonds is 3. The highest BCUT2D eigenvalue weighted by Gasteiger charge is 2.31. The Balaban J connectivity index is 1.72. The zero-order chi connectivity index (χ0) is 14.7. The smallest absolute Gasteiger partial charge is 0.244 e. The van der Waals surface area contributed by atoms with E-state index in [4.69, 9.17) is 0 Å². The van der Waals surface area contributed by atoms with Crippen LogP contribution in [0.5, 0.6) is 0 Å². The molecule has 0 bridgehead atoms. The minimum Gasteiger partial charge on any atom is -0.310 e. The van der Waals surface area contributed by atoms with Crippen molar-refractivity contribution in [3.63, 3.8) is 0 Å². The number of carbonyl (C=O) groups excluding carboxylic acids is 1. The highest BCUT2D eigenvalue weighted by atomic mass is 16.2. The zero-order valence-electron chi connectivity index (χ0n) is 12.3. The number of amides is 1. The number of benzene rings is 2. The van der Waals surface area contributed by atoms with E-state index >= 15 is 0 Å². The Morgan fingerprint density at radius 3 is 2.24 bits per heavy atom. The maximum absolute atomic E-state index is 12.6. The summed E-state index contributed by atoms with van der Waals surface area (Å²) in [6.45, 7) is 4.48. The molecule has 108 valence electrons. The molecule has 3 rings (SSSR count). The van der Waals surface area contributed by atoms with E-state index in [2.05, 4.69) is 17.0 Å². The van der Waals surface area contributed by atoms with E-state index in [9.17, 15) is 4.79 Å².